The molecule has 0 saturated carbocycles. The van der Waals surface area contributed by atoms with Gasteiger partial charge in [-0.15, -0.1) is 0 Å². The van der Waals surface area contributed by atoms with E-state index in [4.69, 9.17) is 27.9 Å². The van der Waals surface area contributed by atoms with Crippen LogP contribution in [0.1, 0.15) is 41.6 Å². The van der Waals surface area contributed by atoms with Gasteiger partial charge in [0.25, 0.3) is 5.91 Å². The zero-order chi connectivity index (χ0) is 23.7. The number of rotatable bonds is 5. The van der Waals surface area contributed by atoms with Crippen LogP contribution in [0.4, 0.5) is 0 Å². The number of nitrogens with zero attached hydrogens (tertiary/aromatic N) is 3. The molecule has 1 aliphatic heterocycles. The van der Waals surface area contributed by atoms with Crippen LogP contribution in [0.2, 0.25) is 10.0 Å². The van der Waals surface area contributed by atoms with Gasteiger partial charge in [0.15, 0.2) is 5.69 Å². The number of hydrogen-bond acceptors (Lipinski definition) is 4. The van der Waals surface area contributed by atoms with Crippen molar-refractivity contribution in [2.24, 2.45) is 0 Å². The zero-order valence-corrected chi connectivity index (χ0v) is 20.0. The summed E-state index contributed by atoms with van der Waals surface area (Å²) >= 11 is 12.5. The van der Waals surface area contributed by atoms with Gasteiger partial charge in [0, 0.05) is 28.2 Å². The predicted molar refractivity (Wildman–Crippen MR) is 129 cm³/mol. The lowest BCUT2D eigenvalue weighted by Gasteiger charge is -2.26. The Morgan fingerprint density at radius 3 is 2.27 bits per heavy atom. The summed E-state index contributed by atoms with van der Waals surface area (Å²) in [6.07, 6.45) is 4.06. The van der Waals surface area contributed by atoms with E-state index in [1.165, 1.54) is 0 Å². The summed E-state index contributed by atoms with van der Waals surface area (Å²) in [6, 6.07) is 13.9. The lowest BCUT2D eigenvalue weighted by Crippen LogP contribution is -2.39. The lowest BCUT2D eigenvalue weighted by atomic mass is 10.1. The molecular formula is C25H23Cl2N3O3. The van der Waals surface area contributed by atoms with E-state index in [1.54, 1.807) is 60.1 Å². The highest BCUT2D eigenvalue weighted by Crippen LogP contribution is 2.33. The second-order valence-electron chi connectivity index (χ2n) is 7.80. The number of carbonyl (C=O) groups is 2. The Kier molecular flexibility index (Phi) is 6.58. The van der Waals surface area contributed by atoms with Gasteiger partial charge >= 0.3 is 5.97 Å². The van der Waals surface area contributed by atoms with Crippen molar-refractivity contribution in [3.8, 4) is 16.9 Å². The van der Waals surface area contributed by atoms with Gasteiger partial charge in [0.2, 0.25) is 0 Å². The van der Waals surface area contributed by atoms with Crippen LogP contribution in [-0.2, 0) is 4.74 Å². The SMILES string of the molecule is CCOC(=O)c1cc(-c2ccc(Cl)cc2Cl)n(-c2ccc(C(=O)N3C(C)C=CC3C)cc2)n1. The van der Waals surface area contributed by atoms with Crippen molar-refractivity contribution >= 4 is 35.1 Å². The van der Waals surface area contributed by atoms with Gasteiger partial charge in [0.1, 0.15) is 0 Å². The van der Waals surface area contributed by atoms with Gasteiger partial charge < -0.3 is 9.64 Å². The average Bonchev–Trinajstić information content (AvgIpc) is 3.37. The van der Waals surface area contributed by atoms with E-state index in [9.17, 15) is 9.59 Å². The van der Waals surface area contributed by atoms with Crippen molar-refractivity contribution in [2.75, 3.05) is 6.61 Å². The molecule has 1 aromatic heterocycles. The highest BCUT2D eigenvalue weighted by molar-refractivity contribution is 6.36. The summed E-state index contributed by atoms with van der Waals surface area (Å²) < 4.78 is 6.73. The maximum Gasteiger partial charge on any atom is 0.358 e. The number of hydrogen-bond donors (Lipinski definition) is 0. The smallest absolute Gasteiger partial charge is 0.358 e. The molecule has 0 fully saturated rings. The number of amides is 1. The highest BCUT2D eigenvalue weighted by Gasteiger charge is 2.28. The third-order valence-electron chi connectivity index (χ3n) is 5.54. The van der Waals surface area contributed by atoms with E-state index in [2.05, 4.69) is 5.10 Å². The van der Waals surface area contributed by atoms with Crippen LogP contribution in [0.25, 0.3) is 16.9 Å². The van der Waals surface area contributed by atoms with Gasteiger partial charge in [-0.3, -0.25) is 4.79 Å². The molecule has 2 heterocycles. The maximum absolute atomic E-state index is 13.0. The second kappa shape index (κ2) is 9.41. The van der Waals surface area contributed by atoms with Crippen molar-refractivity contribution in [2.45, 2.75) is 32.9 Å². The molecule has 2 aromatic carbocycles. The van der Waals surface area contributed by atoms with Gasteiger partial charge in [-0.25, -0.2) is 9.48 Å². The molecule has 2 atom stereocenters. The Labute approximate surface area is 202 Å². The molecule has 2 unspecified atom stereocenters. The van der Waals surface area contributed by atoms with Crippen molar-refractivity contribution in [1.29, 1.82) is 0 Å². The minimum absolute atomic E-state index is 0.0415. The third-order valence-corrected chi connectivity index (χ3v) is 6.09. The Balaban J connectivity index is 1.73. The number of aromatic nitrogens is 2. The molecule has 0 N–H and O–H groups in total. The number of benzene rings is 2. The van der Waals surface area contributed by atoms with E-state index in [-0.39, 0.29) is 30.3 Å². The van der Waals surface area contributed by atoms with Gasteiger partial charge in [0.05, 0.1) is 23.0 Å². The first kappa shape index (κ1) is 23.1. The van der Waals surface area contributed by atoms with Crippen molar-refractivity contribution in [3.63, 3.8) is 0 Å². The number of halogens is 2. The fourth-order valence-electron chi connectivity index (χ4n) is 3.91. The van der Waals surface area contributed by atoms with Crippen molar-refractivity contribution < 1.29 is 14.3 Å². The molecule has 33 heavy (non-hydrogen) atoms. The standard InChI is InChI=1S/C25H23Cl2N3O3/c1-4-33-25(32)22-14-23(20-12-9-18(26)13-21(20)27)30(28-22)19-10-7-17(8-11-19)24(31)29-15(2)5-6-16(29)3/h5-16H,4H2,1-3H3. The molecular weight excluding hydrogens is 461 g/mol. The Bertz CT molecular complexity index is 1220. The largest absolute Gasteiger partial charge is 0.461 e. The predicted octanol–water partition coefficient (Wildman–Crippen LogP) is 5.81. The quantitative estimate of drug-likeness (QED) is 0.339. The minimum atomic E-state index is -0.529. The van der Waals surface area contributed by atoms with E-state index >= 15 is 0 Å². The van der Waals surface area contributed by atoms with Crippen LogP contribution < -0.4 is 0 Å². The maximum atomic E-state index is 13.0. The number of ether oxygens (including phenoxy) is 1. The lowest BCUT2D eigenvalue weighted by molar-refractivity contribution is 0.0518. The number of carbonyl (C=O) groups excluding carboxylic acids is 2. The highest BCUT2D eigenvalue weighted by atomic mass is 35.5. The van der Waals surface area contributed by atoms with Crippen LogP contribution >= 0.6 is 23.2 Å². The Hall–Kier alpha value is -3.09. The molecule has 170 valence electrons. The molecule has 0 radical (unpaired) electrons. The normalized spacial score (nSPS) is 17.4. The van der Waals surface area contributed by atoms with Crippen LogP contribution in [0.15, 0.2) is 60.7 Å². The first-order chi connectivity index (χ1) is 15.8. The molecule has 0 spiro atoms. The summed E-state index contributed by atoms with van der Waals surface area (Å²) in [5.41, 5.74) is 2.66. The summed E-state index contributed by atoms with van der Waals surface area (Å²) in [6.45, 7) is 5.96. The monoisotopic (exact) mass is 483 g/mol. The van der Waals surface area contributed by atoms with Crippen LogP contribution in [-0.4, -0.2) is 45.2 Å². The summed E-state index contributed by atoms with van der Waals surface area (Å²) in [5.74, 6) is -0.570. The fraction of sp³-hybridized carbons (Fsp3) is 0.240. The molecule has 1 amide bonds. The van der Waals surface area contributed by atoms with Gasteiger partial charge in [-0.2, -0.15) is 5.10 Å². The zero-order valence-electron chi connectivity index (χ0n) is 18.5. The molecule has 3 aromatic rings. The fourth-order valence-corrected chi connectivity index (χ4v) is 4.42. The van der Waals surface area contributed by atoms with Crippen LogP contribution in [0.3, 0.4) is 0 Å². The molecule has 0 aliphatic carbocycles. The Morgan fingerprint density at radius 1 is 1.00 bits per heavy atom. The van der Waals surface area contributed by atoms with E-state index in [1.807, 2.05) is 30.9 Å². The molecule has 0 saturated heterocycles. The summed E-state index contributed by atoms with van der Waals surface area (Å²) in [4.78, 5) is 27.2. The molecule has 8 heteroatoms. The summed E-state index contributed by atoms with van der Waals surface area (Å²) in [7, 11) is 0. The van der Waals surface area contributed by atoms with E-state index in [0.717, 1.165) is 0 Å². The Morgan fingerprint density at radius 2 is 1.67 bits per heavy atom. The first-order valence-corrected chi connectivity index (χ1v) is 11.4. The molecule has 1 aliphatic rings. The van der Waals surface area contributed by atoms with Crippen LogP contribution in [0, 0.1) is 0 Å². The van der Waals surface area contributed by atoms with Gasteiger partial charge in [-0.05, 0) is 69.3 Å². The first-order valence-electron chi connectivity index (χ1n) is 10.6. The van der Waals surface area contributed by atoms with Gasteiger partial charge in [-0.1, -0.05) is 35.4 Å². The summed E-state index contributed by atoms with van der Waals surface area (Å²) in [5, 5.41) is 5.39. The van der Waals surface area contributed by atoms with E-state index < -0.39 is 5.97 Å². The number of esters is 1. The second-order valence-corrected chi connectivity index (χ2v) is 8.64. The van der Waals surface area contributed by atoms with Crippen LogP contribution in [0.5, 0.6) is 0 Å². The minimum Gasteiger partial charge on any atom is -0.461 e. The molecule has 4 rings (SSSR count). The van der Waals surface area contributed by atoms with Crippen molar-refractivity contribution in [3.05, 3.63) is 82.0 Å². The third kappa shape index (κ3) is 4.54. The topological polar surface area (TPSA) is 64.4 Å². The molecule has 6 nitrogen and oxygen atoms in total. The van der Waals surface area contributed by atoms with E-state index in [0.29, 0.717) is 32.6 Å². The van der Waals surface area contributed by atoms with Crippen molar-refractivity contribution in [1.82, 2.24) is 14.7 Å². The molecule has 0 bridgehead atoms. The average molecular weight is 484 g/mol.